The Hall–Kier alpha value is -2.82. The van der Waals surface area contributed by atoms with Crippen LogP contribution in [0.25, 0.3) is 0 Å². The average Bonchev–Trinajstić information content (AvgIpc) is 3.10. The number of nitrogens with one attached hydrogen (secondary N) is 2. The van der Waals surface area contributed by atoms with Crippen LogP contribution in [0.4, 0.5) is 16.2 Å². The number of amides is 3. The predicted octanol–water partition coefficient (Wildman–Crippen LogP) is 4.25. The van der Waals surface area contributed by atoms with E-state index in [-0.39, 0.29) is 11.9 Å². The molecule has 1 aliphatic heterocycles. The van der Waals surface area contributed by atoms with Crippen LogP contribution in [-0.2, 0) is 4.79 Å². The molecule has 2 aromatic carbocycles. The third-order valence-corrected chi connectivity index (χ3v) is 4.77. The van der Waals surface area contributed by atoms with Crippen LogP contribution in [0.5, 0.6) is 0 Å². The molecule has 2 N–H and O–H groups in total. The van der Waals surface area contributed by atoms with Crippen LogP contribution in [0, 0.1) is 20.8 Å². The number of urea groups is 1. The average molecular weight is 351 g/mol. The fourth-order valence-electron chi connectivity index (χ4n) is 3.20. The Morgan fingerprint density at radius 2 is 1.65 bits per heavy atom. The van der Waals surface area contributed by atoms with E-state index in [2.05, 4.69) is 10.6 Å². The molecule has 1 saturated heterocycles. The summed E-state index contributed by atoms with van der Waals surface area (Å²) in [4.78, 5) is 27.0. The molecule has 1 atom stereocenters. The Balaban J connectivity index is 1.68. The van der Waals surface area contributed by atoms with E-state index in [1.807, 2.05) is 63.2 Å². The van der Waals surface area contributed by atoms with Crippen LogP contribution in [0.3, 0.4) is 0 Å². The van der Waals surface area contributed by atoms with Crippen molar-refractivity contribution in [1.29, 1.82) is 0 Å². The normalized spacial score (nSPS) is 16.4. The molecule has 0 spiro atoms. The number of hydrogen-bond donors (Lipinski definition) is 2. The lowest BCUT2D eigenvalue weighted by molar-refractivity contribution is -0.119. The molecule has 136 valence electrons. The molecule has 2 aromatic rings. The molecule has 3 amide bonds. The first-order chi connectivity index (χ1) is 12.4. The van der Waals surface area contributed by atoms with Gasteiger partial charge in [-0.1, -0.05) is 29.8 Å². The first-order valence-corrected chi connectivity index (χ1v) is 8.96. The van der Waals surface area contributed by atoms with Gasteiger partial charge in [-0.15, -0.1) is 0 Å². The van der Waals surface area contributed by atoms with E-state index in [4.69, 9.17) is 0 Å². The van der Waals surface area contributed by atoms with Gasteiger partial charge in [0.05, 0.1) is 0 Å². The molecule has 3 rings (SSSR count). The summed E-state index contributed by atoms with van der Waals surface area (Å²) in [6.07, 6.45) is 1.50. The van der Waals surface area contributed by atoms with Crippen molar-refractivity contribution in [3.05, 3.63) is 59.2 Å². The van der Waals surface area contributed by atoms with Crippen molar-refractivity contribution < 1.29 is 9.59 Å². The zero-order valence-corrected chi connectivity index (χ0v) is 15.5. The van der Waals surface area contributed by atoms with Crippen molar-refractivity contribution in [3.63, 3.8) is 0 Å². The highest BCUT2D eigenvalue weighted by Gasteiger charge is 2.34. The highest BCUT2D eigenvalue weighted by atomic mass is 16.2. The minimum atomic E-state index is -0.444. The Morgan fingerprint density at radius 1 is 0.962 bits per heavy atom. The predicted molar refractivity (Wildman–Crippen MR) is 104 cm³/mol. The second kappa shape index (κ2) is 7.60. The van der Waals surface area contributed by atoms with Gasteiger partial charge in [-0.2, -0.15) is 0 Å². The van der Waals surface area contributed by atoms with Crippen molar-refractivity contribution in [2.75, 3.05) is 17.2 Å². The number of anilines is 2. The molecule has 1 aliphatic rings. The van der Waals surface area contributed by atoms with Crippen LogP contribution in [-0.4, -0.2) is 29.4 Å². The molecule has 0 saturated carbocycles. The molecule has 0 aromatic heterocycles. The lowest BCUT2D eigenvalue weighted by Crippen LogP contribution is -2.45. The maximum absolute atomic E-state index is 12.8. The number of nitrogens with zero attached hydrogens (tertiary/aromatic N) is 1. The number of carbonyl (C=O) groups excluding carboxylic acids is 2. The van der Waals surface area contributed by atoms with E-state index in [0.29, 0.717) is 13.0 Å². The van der Waals surface area contributed by atoms with E-state index in [1.54, 1.807) is 4.90 Å². The standard InChI is InChI=1S/C21H25N3O2/c1-14-7-10-17(11-8-14)22-21(26)24-12-4-5-19(24)20(25)23-18-13-15(2)6-9-16(18)3/h6-11,13,19H,4-5,12H2,1-3H3,(H,22,26)(H,23,25)/t19-/m0/s1. The first-order valence-electron chi connectivity index (χ1n) is 8.96. The van der Waals surface area contributed by atoms with Crippen molar-refractivity contribution in [2.24, 2.45) is 0 Å². The van der Waals surface area contributed by atoms with E-state index < -0.39 is 6.04 Å². The molecule has 0 aliphatic carbocycles. The van der Waals surface area contributed by atoms with Gasteiger partial charge in [-0.05, 0) is 62.9 Å². The Morgan fingerprint density at radius 3 is 2.38 bits per heavy atom. The zero-order valence-electron chi connectivity index (χ0n) is 15.5. The van der Waals surface area contributed by atoms with Gasteiger partial charge in [0.1, 0.15) is 6.04 Å². The highest BCUT2D eigenvalue weighted by molar-refractivity contribution is 6.00. The van der Waals surface area contributed by atoms with Gasteiger partial charge in [-0.3, -0.25) is 4.79 Å². The second-order valence-electron chi connectivity index (χ2n) is 6.96. The highest BCUT2D eigenvalue weighted by Crippen LogP contribution is 2.22. The summed E-state index contributed by atoms with van der Waals surface area (Å²) in [7, 11) is 0. The number of likely N-dealkylation sites (tertiary alicyclic amines) is 1. The number of aryl methyl sites for hydroxylation is 3. The van der Waals surface area contributed by atoms with Gasteiger partial charge in [0.15, 0.2) is 0 Å². The minimum absolute atomic E-state index is 0.129. The van der Waals surface area contributed by atoms with Crippen molar-refractivity contribution in [1.82, 2.24) is 4.90 Å². The van der Waals surface area contributed by atoms with Crippen molar-refractivity contribution in [3.8, 4) is 0 Å². The van der Waals surface area contributed by atoms with E-state index in [1.165, 1.54) is 0 Å². The maximum Gasteiger partial charge on any atom is 0.322 e. The fraction of sp³-hybridized carbons (Fsp3) is 0.333. The summed E-state index contributed by atoms with van der Waals surface area (Å²) in [6, 6.07) is 12.9. The molecule has 5 heteroatoms. The lowest BCUT2D eigenvalue weighted by atomic mass is 10.1. The Bertz CT molecular complexity index is 815. The molecule has 5 nitrogen and oxygen atoms in total. The largest absolute Gasteiger partial charge is 0.324 e. The summed E-state index contributed by atoms with van der Waals surface area (Å²) in [5, 5.41) is 5.88. The Kier molecular flexibility index (Phi) is 5.26. The van der Waals surface area contributed by atoms with Crippen LogP contribution in [0.15, 0.2) is 42.5 Å². The van der Waals surface area contributed by atoms with Crippen LogP contribution in [0.2, 0.25) is 0 Å². The van der Waals surface area contributed by atoms with Crippen molar-refractivity contribution >= 4 is 23.3 Å². The Labute approximate surface area is 154 Å². The van der Waals surface area contributed by atoms with E-state index in [0.717, 1.165) is 34.5 Å². The molecule has 0 bridgehead atoms. The van der Waals surface area contributed by atoms with Gasteiger partial charge >= 0.3 is 6.03 Å². The number of hydrogen-bond acceptors (Lipinski definition) is 2. The van der Waals surface area contributed by atoms with Crippen LogP contribution in [0.1, 0.15) is 29.5 Å². The number of benzene rings is 2. The third kappa shape index (κ3) is 4.04. The monoisotopic (exact) mass is 351 g/mol. The lowest BCUT2D eigenvalue weighted by Gasteiger charge is -2.24. The van der Waals surface area contributed by atoms with Gasteiger partial charge in [0.2, 0.25) is 5.91 Å². The van der Waals surface area contributed by atoms with Crippen LogP contribution < -0.4 is 10.6 Å². The van der Waals surface area contributed by atoms with Gasteiger partial charge in [-0.25, -0.2) is 4.79 Å². The smallest absolute Gasteiger partial charge is 0.322 e. The van der Waals surface area contributed by atoms with Crippen molar-refractivity contribution in [2.45, 2.75) is 39.7 Å². The molecule has 26 heavy (non-hydrogen) atoms. The second-order valence-corrected chi connectivity index (χ2v) is 6.96. The number of rotatable bonds is 3. The van der Waals surface area contributed by atoms with Crippen LogP contribution >= 0.6 is 0 Å². The van der Waals surface area contributed by atoms with E-state index in [9.17, 15) is 9.59 Å². The quantitative estimate of drug-likeness (QED) is 0.868. The van der Waals surface area contributed by atoms with E-state index >= 15 is 0 Å². The molecule has 1 heterocycles. The van der Waals surface area contributed by atoms with Gasteiger partial charge in [0.25, 0.3) is 0 Å². The fourth-order valence-corrected chi connectivity index (χ4v) is 3.20. The third-order valence-electron chi connectivity index (χ3n) is 4.77. The molecule has 0 unspecified atom stereocenters. The summed E-state index contributed by atoms with van der Waals surface area (Å²) in [5.74, 6) is -0.129. The summed E-state index contributed by atoms with van der Waals surface area (Å²) in [5.41, 5.74) is 4.78. The molecular formula is C21H25N3O2. The molecule has 1 fully saturated rings. The summed E-state index contributed by atoms with van der Waals surface area (Å²) >= 11 is 0. The maximum atomic E-state index is 12.8. The van der Waals surface area contributed by atoms with Gasteiger partial charge in [0, 0.05) is 17.9 Å². The zero-order chi connectivity index (χ0) is 18.7. The SMILES string of the molecule is Cc1ccc(NC(=O)N2CCC[C@H]2C(=O)Nc2cc(C)ccc2C)cc1. The minimum Gasteiger partial charge on any atom is -0.324 e. The summed E-state index contributed by atoms with van der Waals surface area (Å²) in [6.45, 7) is 6.54. The van der Waals surface area contributed by atoms with Gasteiger partial charge < -0.3 is 15.5 Å². The first kappa shape index (κ1) is 18.0. The summed E-state index contributed by atoms with van der Waals surface area (Å²) < 4.78 is 0. The topological polar surface area (TPSA) is 61.4 Å². The molecule has 0 radical (unpaired) electrons. The number of carbonyl (C=O) groups is 2. The molecular weight excluding hydrogens is 326 g/mol.